The van der Waals surface area contributed by atoms with Crippen LogP contribution in [0.2, 0.25) is 0 Å². The van der Waals surface area contributed by atoms with Gasteiger partial charge in [0.15, 0.2) is 5.78 Å². The fourth-order valence-corrected chi connectivity index (χ4v) is 1.82. The maximum Gasteiger partial charge on any atom is 0.180 e. The molecular weight excluding hydrogens is 274 g/mol. The van der Waals surface area contributed by atoms with Crippen molar-refractivity contribution in [3.05, 3.63) is 42.0 Å². The molecule has 0 N–H and O–H groups in total. The molecule has 0 aliphatic heterocycles. The van der Waals surface area contributed by atoms with Gasteiger partial charge in [0, 0.05) is 12.0 Å². The maximum absolute atomic E-state index is 12.3. The third-order valence-electron chi connectivity index (χ3n) is 2.89. The van der Waals surface area contributed by atoms with Crippen LogP contribution in [0.4, 0.5) is 0 Å². The van der Waals surface area contributed by atoms with E-state index in [0.717, 1.165) is 0 Å². The Labute approximate surface area is 134 Å². The SMILES string of the molecule is COc1ccccc1C(=O)CN(C)C/C=C/C#CC(C)(C)C. The van der Waals surface area contributed by atoms with Crippen molar-refractivity contribution in [1.82, 2.24) is 4.90 Å². The highest BCUT2D eigenvalue weighted by atomic mass is 16.5. The third kappa shape index (κ3) is 6.60. The molecule has 0 amide bonds. The fourth-order valence-electron chi connectivity index (χ4n) is 1.82. The van der Waals surface area contributed by atoms with Gasteiger partial charge in [0.25, 0.3) is 0 Å². The summed E-state index contributed by atoms with van der Waals surface area (Å²) in [5.41, 5.74) is 0.629. The topological polar surface area (TPSA) is 29.5 Å². The smallest absolute Gasteiger partial charge is 0.180 e. The lowest BCUT2D eigenvalue weighted by molar-refractivity contribution is 0.0949. The quantitative estimate of drug-likeness (QED) is 0.595. The van der Waals surface area contributed by atoms with Gasteiger partial charge < -0.3 is 4.74 Å². The van der Waals surface area contributed by atoms with E-state index >= 15 is 0 Å². The summed E-state index contributed by atoms with van der Waals surface area (Å²) < 4.78 is 5.22. The van der Waals surface area contributed by atoms with Gasteiger partial charge in [-0.05, 0) is 46.0 Å². The number of carbonyl (C=O) groups is 1. The van der Waals surface area contributed by atoms with Crippen molar-refractivity contribution in [2.24, 2.45) is 5.41 Å². The van der Waals surface area contributed by atoms with E-state index in [-0.39, 0.29) is 11.2 Å². The molecule has 3 heteroatoms. The van der Waals surface area contributed by atoms with Crippen molar-refractivity contribution < 1.29 is 9.53 Å². The van der Waals surface area contributed by atoms with Crippen molar-refractivity contribution in [1.29, 1.82) is 0 Å². The highest BCUT2D eigenvalue weighted by molar-refractivity contribution is 6.00. The minimum Gasteiger partial charge on any atom is -0.496 e. The van der Waals surface area contributed by atoms with E-state index < -0.39 is 0 Å². The molecule has 0 heterocycles. The second-order valence-electron chi connectivity index (χ2n) is 6.24. The number of likely N-dealkylation sites (N-methyl/N-ethyl adjacent to an activating group) is 1. The van der Waals surface area contributed by atoms with Crippen LogP contribution in [-0.2, 0) is 0 Å². The van der Waals surface area contributed by atoms with E-state index in [1.165, 1.54) is 0 Å². The van der Waals surface area contributed by atoms with Crippen LogP contribution in [0, 0.1) is 17.3 Å². The minimum atomic E-state index is 0.00999. The van der Waals surface area contributed by atoms with Crippen LogP contribution >= 0.6 is 0 Å². The van der Waals surface area contributed by atoms with E-state index in [4.69, 9.17) is 4.74 Å². The molecule has 0 aliphatic rings. The van der Waals surface area contributed by atoms with Crippen LogP contribution < -0.4 is 4.74 Å². The lowest BCUT2D eigenvalue weighted by atomic mass is 9.98. The molecule has 1 rings (SSSR count). The Bertz CT molecular complexity index is 585. The molecule has 3 nitrogen and oxygen atoms in total. The molecule has 0 radical (unpaired) electrons. The fraction of sp³-hybridized carbons (Fsp3) is 0.421. The maximum atomic E-state index is 12.3. The van der Waals surface area contributed by atoms with Crippen molar-refractivity contribution in [3.63, 3.8) is 0 Å². The first kappa shape index (κ1) is 18.0. The molecule has 1 aromatic carbocycles. The summed E-state index contributed by atoms with van der Waals surface area (Å²) in [5.74, 6) is 6.83. The predicted molar refractivity (Wildman–Crippen MR) is 91.2 cm³/mol. The Morgan fingerprint density at radius 3 is 2.64 bits per heavy atom. The average Bonchev–Trinajstić information content (AvgIpc) is 2.45. The molecule has 0 bridgehead atoms. The first-order chi connectivity index (χ1) is 10.3. The monoisotopic (exact) mass is 299 g/mol. The number of hydrogen-bond acceptors (Lipinski definition) is 3. The van der Waals surface area contributed by atoms with Gasteiger partial charge in [0.05, 0.1) is 19.2 Å². The molecule has 1 aromatic rings. The van der Waals surface area contributed by atoms with Gasteiger partial charge in [-0.2, -0.15) is 0 Å². The van der Waals surface area contributed by atoms with Crippen molar-refractivity contribution in [2.45, 2.75) is 20.8 Å². The van der Waals surface area contributed by atoms with Gasteiger partial charge in [-0.3, -0.25) is 9.69 Å². The molecule has 0 atom stereocenters. The van der Waals surface area contributed by atoms with Crippen LogP contribution in [0.25, 0.3) is 0 Å². The normalized spacial score (nSPS) is 11.4. The third-order valence-corrected chi connectivity index (χ3v) is 2.89. The zero-order valence-corrected chi connectivity index (χ0v) is 14.1. The van der Waals surface area contributed by atoms with Gasteiger partial charge in [-0.1, -0.05) is 30.0 Å². The van der Waals surface area contributed by atoms with Crippen LogP contribution in [-0.4, -0.2) is 37.9 Å². The van der Waals surface area contributed by atoms with Gasteiger partial charge in [0.2, 0.25) is 0 Å². The lowest BCUT2D eigenvalue weighted by Gasteiger charge is -2.14. The summed E-state index contributed by atoms with van der Waals surface area (Å²) in [6, 6.07) is 7.29. The summed E-state index contributed by atoms with van der Waals surface area (Å²) in [5, 5.41) is 0. The van der Waals surface area contributed by atoms with E-state index in [9.17, 15) is 4.79 Å². The molecule has 118 valence electrons. The van der Waals surface area contributed by atoms with Crippen LogP contribution in [0.3, 0.4) is 0 Å². The number of benzene rings is 1. The van der Waals surface area contributed by atoms with Gasteiger partial charge in [-0.15, -0.1) is 0 Å². The summed E-state index contributed by atoms with van der Waals surface area (Å²) >= 11 is 0. The van der Waals surface area contributed by atoms with Crippen LogP contribution in [0.5, 0.6) is 5.75 Å². The summed E-state index contributed by atoms with van der Waals surface area (Å²) in [6.07, 6.45) is 3.81. The van der Waals surface area contributed by atoms with Crippen molar-refractivity contribution in [3.8, 4) is 17.6 Å². The Balaban J connectivity index is 2.54. The molecule has 22 heavy (non-hydrogen) atoms. The van der Waals surface area contributed by atoms with E-state index in [1.54, 1.807) is 19.2 Å². The standard InChI is InChI=1S/C19H25NO2/c1-19(2,3)13-9-6-10-14-20(4)15-17(21)16-11-7-8-12-18(16)22-5/h6-8,10-12H,14-15H2,1-5H3/b10-6+. The van der Waals surface area contributed by atoms with Crippen LogP contribution in [0.1, 0.15) is 31.1 Å². The number of para-hydroxylation sites is 1. The summed E-state index contributed by atoms with van der Waals surface area (Å²) in [7, 11) is 3.49. The predicted octanol–water partition coefficient (Wildman–Crippen LogP) is 3.42. The Morgan fingerprint density at radius 1 is 1.32 bits per heavy atom. The number of methoxy groups -OCH3 is 1. The lowest BCUT2D eigenvalue weighted by Crippen LogP contribution is -2.26. The number of ketones is 1. The zero-order chi connectivity index (χ0) is 16.6. The van der Waals surface area contributed by atoms with Gasteiger partial charge >= 0.3 is 0 Å². The molecule has 0 spiro atoms. The molecular formula is C19H25NO2. The zero-order valence-electron chi connectivity index (χ0n) is 14.1. The first-order valence-corrected chi connectivity index (χ1v) is 7.36. The van der Waals surface area contributed by atoms with Crippen molar-refractivity contribution >= 4 is 5.78 Å². The highest BCUT2D eigenvalue weighted by Gasteiger charge is 2.12. The largest absolute Gasteiger partial charge is 0.496 e. The highest BCUT2D eigenvalue weighted by Crippen LogP contribution is 2.17. The molecule has 0 saturated carbocycles. The second-order valence-corrected chi connectivity index (χ2v) is 6.24. The van der Waals surface area contributed by atoms with Crippen molar-refractivity contribution in [2.75, 3.05) is 27.2 Å². The number of rotatable bonds is 6. The number of hydrogen-bond donors (Lipinski definition) is 0. The number of nitrogens with zero attached hydrogens (tertiary/aromatic N) is 1. The molecule has 0 fully saturated rings. The molecule has 0 aromatic heterocycles. The number of allylic oxidation sites excluding steroid dienone is 1. The summed E-state index contributed by atoms with van der Waals surface area (Å²) in [6.45, 7) is 7.25. The first-order valence-electron chi connectivity index (χ1n) is 7.36. The number of Topliss-reactive ketones (excluding diaryl/α,β-unsaturated/α-hetero) is 1. The number of carbonyl (C=O) groups excluding carboxylic acids is 1. The van der Waals surface area contributed by atoms with Crippen LogP contribution in [0.15, 0.2) is 36.4 Å². The molecule has 0 saturated heterocycles. The Morgan fingerprint density at radius 2 is 2.00 bits per heavy atom. The van der Waals surface area contributed by atoms with E-state index in [1.807, 2.05) is 36.2 Å². The molecule has 0 unspecified atom stereocenters. The summed E-state index contributed by atoms with van der Waals surface area (Å²) in [4.78, 5) is 14.2. The Hall–Kier alpha value is -2.05. The van der Waals surface area contributed by atoms with Gasteiger partial charge in [-0.25, -0.2) is 0 Å². The number of ether oxygens (including phenoxy) is 1. The minimum absolute atomic E-state index is 0.00999. The van der Waals surface area contributed by atoms with E-state index in [0.29, 0.717) is 24.4 Å². The Kier molecular flexibility index (Phi) is 6.88. The van der Waals surface area contributed by atoms with E-state index in [2.05, 4.69) is 32.6 Å². The average molecular weight is 299 g/mol. The van der Waals surface area contributed by atoms with Gasteiger partial charge in [0.1, 0.15) is 5.75 Å². The molecule has 0 aliphatic carbocycles. The second kappa shape index (κ2) is 8.41.